The fourth-order valence-electron chi connectivity index (χ4n) is 4.50. The second-order valence-corrected chi connectivity index (χ2v) is 10.7. The molecule has 28 heavy (non-hydrogen) atoms. The molecule has 0 amide bonds. The lowest BCUT2D eigenvalue weighted by Gasteiger charge is -2.40. The van der Waals surface area contributed by atoms with E-state index in [1.165, 1.54) is 26.4 Å². The van der Waals surface area contributed by atoms with Gasteiger partial charge in [-0.2, -0.15) is 0 Å². The number of nitrogens with zero attached hydrogens (tertiary/aromatic N) is 1. The predicted octanol–water partition coefficient (Wildman–Crippen LogP) is 6.55. The minimum absolute atomic E-state index is 0.176. The van der Waals surface area contributed by atoms with Gasteiger partial charge in [0.05, 0.1) is 5.54 Å². The van der Waals surface area contributed by atoms with Crippen LogP contribution in [-0.4, -0.2) is 10.9 Å². The first-order valence-corrected chi connectivity index (χ1v) is 12.1. The molecular weight excluding hydrogens is 448 g/mol. The maximum absolute atomic E-state index is 6.23. The van der Waals surface area contributed by atoms with Gasteiger partial charge >= 0.3 is 0 Å². The van der Waals surface area contributed by atoms with Crippen molar-refractivity contribution in [2.75, 3.05) is 5.75 Å². The van der Waals surface area contributed by atoms with Gasteiger partial charge in [0.15, 0.2) is 5.17 Å². The molecule has 0 radical (unpaired) electrons. The molecule has 1 aliphatic carbocycles. The van der Waals surface area contributed by atoms with E-state index in [2.05, 4.69) is 76.6 Å². The summed E-state index contributed by atoms with van der Waals surface area (Å²) in [6.07, 6.45) is 3.19. The van der Waals surface area contributed by atoms with E-state index in [1.807, 2.05) is 11.3 Å². The largest absolute Gasteiger partial charge is 0.379 e. The highest BCUT2D eigenvalue weighted by atomic mass is 79.9. The molecule has 2 atom stereocenters. The van der Waals surface area contributed by atoms with Gasteiger partial charge in [-0.15, -0.1) is 11.3 Å². The fourth-order valence-corrected chi connectivity index (χ4v) is 7.12. The quantitative estimate of drug-likeness (QED) is 0.462. The van der Waals surface area contributed by atoms with E-state index in [1.54, 1.807) is 11.8 Å². The van der Waals surface area contributed by atoms with Crippen molar-refractivity contribution in [3.63, 3.8) is 0 Å². The number of nitrogens with two attached hydrogens (primary N) is 1. The van der Waals surface area contributed by atoms with E-state index in [9.17, 15) is 0 Å². The summed E-state index contributed by atoms with van der Waals surface area (Å²) < 4.78 is 1.12. The van der Waals surface area contributed by atoms with E-state index < -0.39 is 0 Å². The minimum Gasteiger partial charge on any atom is -0.379 e. The van der Waals surface area contributed by atoms with Crippen molar-refractivity contribution < 1.29 is 0 Å². The van der Waals surface area contributed by atoms with Gasteiger partial charge in [0.2, 0.25) is 0 Å². The standard InChI is InChI=1S/C23H21BrN2S2/c24-18-8-4-7-16(11-18)20-13-19-21(28-20)12-17(15-5-2-1-3-6-15)14-23(19)9-10-27-22(25)26-23/h1-8,11,13,17H,9-10,12,14H2,(H2,25,26). The maximum atomic E-state index is 6.23. The smallest absolute Gasteiger partial charge is 0.154 e. The van der Waals surface area contributed by atoms with Crippen molar-refractivity contribution in [1.29, 1.82) is 0 Å². The molecule has 0 fully saturated rings. The number of halogens is 1. The Bertz CT molecular complexity index is 1040. The molecule has 5 rings (SSSR count). The summed E-state index contributed by atoms with van der Waals surface area (Å²) in [4.78, 5) is 7.87. The van der Waals surface area contributed by atoms with Gasteiger partial charge < -0.3 is 5.73 Å². The Kier molecular flexibility index (Phi) is 4.85. The molecule has 2 N–H and O–H groups in total. The van der Waals surface area contributed by atoms with Crippen molar-refractivity contribution in [2.45, 2.75) is 30.7 Å². The summed E-state index contributed by atoms with van der Waals surface area (Å²) in [5, 5.41) is 0.737. The van der Waals surface area contributed by atoms with Crippen LogP contribution in [0, 0.1) is 0 Å². The first kappa shape index (κ1) is 18.5. The molecule has 0 saturated carbocycles. The van der Waals surface area contributed by atoms with Gasteiger partial charge in [0, 0.05) is 20.0 Å². The van der Waals surface area contributed by atoms with Crippen LogP contribution in [0.5, 0.6) is 0 Å². The van der Waals surface area contributed by atoms with Crippen LogP contribution in [0.15, 0.2) is 70.1 Å². The zero-order valence-corrected chi connectivity index (χ0v) is 18.6. The van der Waals surface area contributed by atoms with Crippen LogP contribution in [0.1, 0.15) is 34.8 Å². The number of thioether (sulfide) groups is 1. The van der Waals surface area contributed by atoms with E-state index in [0.717, 1.165) is 34.7 Å². The number of hydrogen-bond donors (Lipinski definition) is 1. The van der Waals surface area contributed by atoms with E-state index >= 15 is 0 Å². The zero-order valence-electron chi connectivity index (χ0n) is 15.4. The van der Waals surface area contributed by atoms with Crippen LogP contribution in [0.3, 0.4) is 0 Å². The fraction of sp³-hybridized carbons (Fsp3) is 0.261. The molecule has 0 bridgehead atoms. The lowest BCUT2D eigenvalue weighted by Crippen LogP contribution is -2.36. The molecule has 2 aliphatic rings. The molecule has 142 valence electrons. The van der Waals surface area contributed by atoms with Gasteiger partial charge in [0.25, 0.3) is 0 Å². The second-order valence-electron chi connectivity index (χ2n) is 7.55. The summed E-state index contributed by atoms with van der Waals surface area (Å²) >= 11 is 7.23. The Labute approximate surface area is 182 Å². The first-order valence-electron chi connectivity index (χ1n) is 9.55. The van der Waals surface area contributed by atoms with Crippen LogP contribution in [-0.2, 0) is 12.0 Å². The third-order valence-electron chi connectivity index (χ3n) is 5.80. The number of thiophene rings is 1. The highest BCUT2D eigenvalue weighted by Gasteiger charge is 2.43. The molecule has 0 saturated heterocycles. The van der Waals surface area contributed by atoms with Crippen LogP contribution < -0.4 is 5.73 Å². The van der Waals surface area contributed by atoms with Crippen LogP contribution in [0.2, 0.25) is 0 Å². The molecule has 2 nitrogen and oxygen atoms in total. The van der Waals surface area contributed by atoms with Crippen molar-refractivity contribution in [1.82, 2.24) is 0 Å². The Hall–Kier alpha value is -1.56. The normalized spacial score (nSPS) is 24.0. The van der Waals surface area contributed by atoms with Crippen molar-refractivity contribution in [2.24, 2.45) is 10.7 Å². The molecular formula is C23H21BrN2S2. The SMILES string of the molecule is NC1=NC2(CCS1)CC(c1ccccc1)Cc1sc(-c3cccc(Br)c3)cc12. The lowest BCUT2D eigenvalue weighted by molar-refractivity contribution is 0.338. The van der Waals surface area contributed by atoms with Crippen LogP contribution >= 0.6 is 39.0 Å². The third kappa shape index (κ3) is 3.34. The highest BCUT2D eigenvalue weighted by molar-refractivity contribution is 9.10. The molecule has 1 spiro atoms. The number of fused-ring (bicyclic) bond motifs is 2. The maximum Gasteiger partial charge on any atom is 0.154 e. The first-order chi connectivity index (χ1) is 13.6. The Morgan fingerprint density at radius 1 is 1.07 bits per heavy atom. The van der Waals surface area contributed by atoms with Gasteiger partial charge in [-0.3, -0.25) is 4.99 Å². The van der Waals surface area contributed by atoms with E-state index in [4.69, 9.17) is 10.7 Å². The van der Waals surface area contributed by atoms with Gasteiger partial charge in [-0.05, 0) is 60.1 Å². The van der Waals surface area contributed by atoms with Crippen LogP contribution in [0.4, 0.5) is 0 Å². The van der Waals surface area contributed by atoms with Crippen molar-refractivity contribution in [3.8, 4) is 10.4 Å². The molecule has 3 aromatic rings. The van der Waals surface area contributed by atoms with Gasteiger partial charge in [-0.1, -0.05) is 70.2 Å². The Morgan fingerprint density at radius 2 is 1.93 bits per heavy atom. The Balaban J connectivity index is 1.63. The summed E-state index contributed by atoms with van der Waals surface area (Å²) in [5.74, 6) is 1.53. The van der Waals surface area contributed by atoms with Crippen LogP contribution in [0.25, 0.3) is 10.4 Å². The number of rotatable bonds is 2. The number of aliphatic imine (C=N–C) groups is 1. The third-order valence-corrected chi connectivity index (χ3v) is 8.29. The molecule has 1 aliphatic heterocycles. The number of hydrogen-bond acceptors (Lipinski definition) is 4. The summed E-state index contributed by atoms with van der Waals surface area (Å²) in [6, 6.07) is 21.9. The molecule has 2 unspecified atom stereocenters. The zero-order chi connectivity index (χ0) is 19.1. The Morgan fingerprint density at radius 3 is 2.71 bits per heavy atom. The highest BCUT2D eigenvalue weighted by Crippen LogP contribution is 2.52. The minimum atomic E-state index is -0.176. The van der Waals surface area contributed by atoms with Crippen molar-refractivity contribution in [3.05, 3.63) is 81.1 Å². The second kappa shape index (κ2) is 7.36. The summed E-state index contributed by atoms with van der Waals surface area (Å²) in [5.41, 5.74) is 10.1. The average molecular weight is 469 g/mol. The molecule has 2 heterocycles. The van der Waals surface area contributed by atoms with Crippen molar-refractivity contribution >= 4 is 44.2 Å². The predicted molar refractivity (Wildman–Crippen MR) is 125 cm³/mol. The lowest BCUT2D eigenvalue weighted by atomic mass is 9.71. The summed E-state index contributed by atoms with van der Waals surface area (Å²) in [6.45, 7) is 0. The average Bonchev–Trinajstić information content (AvgIpc) is 3.14. The van der Waals surface area contributed by atoms with Gasteiger partial charge in [0.1, 0.15) is 0 Å². The van der Waals surface area contributed by atoms with E-state index in [-0.39, 0.29) is 5.54 Å². The van der Waals surface area contributed by atoms with Gasteiger partial charge in [-0.25, -0.2) is 0 Å². The summed E-state index contributed by atoms with van der Waals surface area (Å²) in [7, 11) is 0. The number of benzene rings is 2. The molecule has 1 aromatic heterocycles. The molecule has 5 heteroatoms. The topological polar surface area (TPSA) is 38.4 Å². The monoisotopic (exact) mass is 468 g/mol. The molecule has 2 aromatic carbocycles. The number of amidine groups is 1. The van der Waals surface area contributed by atoms with E-state index in [0.29, 0.717) is 5.92 Å².